The van der Waals surface area contributed by atoms with Gasteiger partial charge in [-0.1, -0.05) is 55.3 Å². The van der Waals surface area contributed by atoms with Crippen molar-refractivity contribution in [3.63, 3.8) is 0 Å². The molecule has 0 aromatic heterocycles. The van der Waals surface area contributed by atoms with Crippen molar-refractivity contribution >= 4 is 40.8 Å². The van der Waals surface area contributed by atoms with Gasteiger partial charge in [0.2, 0.25) is 5.91 Å². The Morgan fingerprint density at radius 3 is 2.31 bits per heavy atom. The van der Waals surface area contributed by atoms with Crippen LogP contribution < -0.4 is 5.32 Å². The molecule has 1 aromatic carbocycles. The quantitative estimate of drug-likeness (QED) is 0.366. The van der Waals surface area contributed by atoms with Crippen molar-refractivity contribution in [2.75, 3.05) is 5.32 Å². The molecule has 0 saturated carbocycles. The topological polar surface area (TPSA) is 55.4 Å². The number of allylic oxidation sites excluding steroid dienone is 4. The largest absolute Gasteiger partial charge is 0.460 e. The number of esters is 1. The summed E-state index contributed by atoms with van der Waals surface area (Å²) in [5.74, 6) is -5.57. The zero-order valence-corrected chi connectivity index (χ0v) is 22.2. The van der Waals surface area contributed by atoms with Gasteiger partial charge in [0.1, 0.15) is 5.60 Å². The minimum Gasteiger partial charge on any atom is -0.460 e. The summed E-state index contributed by atoms with van der Waals surface area (Å²) >= 11 is 12.3. The molecule has 0 saturated heterocycles. The van der Waals surface area contributed by atoms with Gasteiger partial charge in [0.05, 0.1) is 28.5 Å². The molecule has 0 heterocycles. The number of amides is 1. The summed E-state index contributed by atoms with van der Waals surface area (Å²) in [6.07, 6.45) is 0.626. The molecular formula is C26H32Cl2F3NO3. The third-order valence-corrected chi connectivity index (χ3v) is 6.61. The van der Waals surface area contributed by atoms with E-state index >= 15 is 0 Å². The Morgan fingerprint density at radius 2 is 1.80 bits per heavy atom. The molecule has 1 aliphatic carbocycles. The number of hydrogen-bond donors (Lipinski definition) is 1. The molecule has 0 spiro atoms. The van der Waals surface area contributed by atoms with E-state index in [0.717, 1.165) is 12.5 Å². The number of nitrogens with one attached hydrogen (secondary N) is 1. The van der Waals surface area contributed by atoms with E-state index in [9.17, 15) is 22.8 Å². The van der Waals surface area contributed by atoms with Crippen LogP contribution in [0.2, 0.25) is 5.02 Å². The third-order valence-electron chi connectivity index (χ3n) is 6.02. The number of carbonyl (C=O) groups excluding carboxylic acids is 2. The fraction of sp³-hybridized carbons (Fsp3) is 0.538. The van der Waals surface area contributed by atoms with E-state index in [2.05, 4.69) is 5.32 Å². The molecule has 2 rings (SSSR count). The first-order chi connectivity index (χ1) is 16.0. The fourth-order valence-corrected chi connectivity index (χ4v) is 4.41. The van der Waals surface area contributed by atoms with E-state index in [-0.39, 0.29) is 23.1 Å². The Bertz CT molecular complexity index is 1010. The summed E-state index contributed by atoms with van der Waals surface area (Å²) in [5, 5.41) is 3.27. The lowest BCUT2D eigenvalue weighted by Gasteiger charge is -2.31. The van der Waals surface area contributed by atoms with Crippen LogP contribution in [0, 0.1) is 30.6 Å². The van der Waals surface area contributed by atoms with Crippen LogP contribution in [0.15, 0.2) is 35.4 Å². The van der Waals surface area contributed by atoms with Crippen molar-refractivity contribution in [3.05, 3.63) is 51.5 Å². The Labute approximate surface area is 214 Å². The molecule has 0 aliphatic heterocycles. The lowest BCUT2D eigenvalue weighted by atomic mass is 9.78. The van der Waals surface area contributed by atoms with Crippen molar-refractivity contribution < 1.29 is 27.5 Å². The Balaban J connectivity index is 2.32. The highest BCUT2D eigenvalue weighted by molar-refractivity contribution is 6.34. The number of hydrogen-bond acceptors (Lipinski definition) is 3. The maximum atomic E-state index is 13.7. The lowest BCUT2D eigenvalue weighted by Crippen LogP contribution is -2.40. The van der Waals surface area contributed by atoms with Crippen molar-refractivity contribution in [1.82, 2.24) is 0 Å². The zero-order valence-electron chi connectivity index (χ0n) is 20.7. The van der Waals surface area contributed by atoms with Gasteiger partial charge in [-0.05, 0) is 69.7 Å². The minimum absolute atomic E-state index is 0.199. The number of anilines is 1. The second-order valence-electron chi connectivity index (χ2n) is 10.0. The van der Waals surface area contributed by atoms with Crippen molar-refractivity contribution in [2.45, 2.75) is 66.2 Å². The molecule has 0 radical (unpaired) electrons. The maximum Gasteiger partial charge on any atom is 0.392 e. The van der Waals surface area contributed by atoms with Crippen LogP contribution in [0.4, 0.5) is 18.9 Å². The summed E-state index contributed by atoms with van der Waals surface area (Å²) in [6, 6.07) is 3.30. The van der Waals surface area contributed by atoms with Crippen molar-refractivity contribution in [1.29, 1.82) is 0 Å². The fourth-order valence-electron chi connectivity index (χ4n) is 3.99. The number of benzene rings is 1. The monoisotopic (exact) mass is 533 g/mol. The van der Waals surface area contributed by atoms with Crippen LogP contribution in [0.25, 0.3) is 0 Å². The molecule has 4 atom stereocenters. The predicted octanol–water partition coefficient (Wildman–Crippen LogP) is 7.62. The van der Waals surface area contributed by atoms with E-state index in [4.69, 9.17) is 27.9 Å². The first-order valence-electron chi connectivity index (χ1n) is 11.4. The number of alkyl halides is 3. The molecule has 1 aliphatic rings. The standard InChI is InChI=1S/C26H32Cl2F3NO3/c1-14(24(34)35-25(4,5)6)13-18-9-12-20(28)22(15(18)2)32-23(33)21(16(3)26(29,30)31)17-7-10-19(27)11-8-17/h7,9-12,14,16-17,21H,8,13H2,1-6H3,(H,32,33)/t14-,16+,17?,21-/m0/s1. The highest BCUT2D eigenvalue weighted by Gasteiger charge is 2.47. The summed E-state index contributed by atoms with van der Waals surface area (Å²) < 4.78 is 46.5. The third kappa shape index (κ3) is 8.01. The van der Waals surface area contributed by atoms with Gasteiger partial charge in [-0.3, -0.25) is 9.59 Å². The average molecular weight is 534 g/mol. The molecule has 1 N–H and O–H groups in total. The van der Waals surface area contributed by atoms with E-state index in [1.807, 2.05) is 0 Å². The predicted molar refractivity (Wildman–Crippen MR) is 133 cm³/mol. The van der Waals surface area contributed by atoms with Gasteiger partial charge in [0.25, 0.3) is 0 Å². The van der Waals surface area contributed by atoms with Crippen LogP contribution in [0.1, 0.15) is 52.2 Å². The smallest absolute Gasteiger partial charge is 0.392 e. The van der Waals surface area contributed by atoms with E-state index < -0.39 is 41.4 Å². The molecule has 1 amide bonds. The normalized spacial score (nSPS) is 18.9. The van der Waals surface area contributed by atoms with E-state index in [1.165, 1.54) is 6.08 Å². The Kier molecular flexibility index (Phi) is 9.51. The van der Waals surface area contributed by atoms with Gasteiger partial charge >= 0.3 is 12.1 Å². The molecule has 0 bridgehead atoms. The molecule has 194 valence electrons. The van der Waals surface area contributed by atoms with Crippen molar-refractivity contribution in [2.24, 2.45) is 23.7 Å². The van der Waals surface area contributed by atoms with Gasteiger partial charge in [0, 0.05) is 5.03 Å². The number of halogens is 5. The van der Waals surface area contributed by atoms with Gasteiger partial charge in [-0.15, -0.1) is 0 Å². The van der Waals surface area contributed by atoms with Crippen LogP contribution in [0.3, 0.4) is 0 Å². The molecular weight excluding hydrogens is 502 g/mol. The van der Waals surface area contributed by atoms with Crippen LogP contribution in [0.5, 0.6) is 0 Å². The van der Waals surface area contributed by atoms with E-state index in [0.29, 0.717) is 17.0 Å². The lowest BCUT2D eigenvalue weighted by molar-refractivity contribution is -0.188. The molecule has 1 aromatic rings. The Morgan fingerprint density at radius 1 is 1.17 bits per heavy atom. The molecule has 4 nitrogen and oxygen atoms in total. The number of carbonyl (C=O) groups is 2. The Hall–Kier alpha value is -1.99. The first kappa shape index (κ1) is 29.2. The minimum atomic E-state index is -4.57. The molecule has 35 heavy (non-hydrogen) atoms. The molecule has 0 fully saturated rings. The molecule has 9 heteroatoms. The molecule has 1 unspecified atom stereocenters. The van der Waals surface area contributed by atoms with Gasteiger partial charge in [0.15, 0.2) is 0 Å². The average Bonchev–Trinajstić information content (AvgIpc) is 2.72. The van der Waals surface area contributed by atoms with Gasteiger partial charge in [-0.2, -0.15) is 13.2 Å². The van der Waals surface area contributed by atoms with E-state index in [1.54, 1.807) is 58.9 Å². The SMILES string of the molecule is Cc1c(C[C@H](C)C(=O)OC(C)(C)C)ccc(Cl)c1NC(=O)[C@H](C1C=CC(Cl)=CC1)[C@@H](C)C(F)(F)F. The highest BCUT2D eigenvalue weighted by atomic mass is 35.5. The summed E-state index contributed by atoms with van der Waals surface area (Å²) in [7, 11) is 0. The van der Waals surface area contributed by atoms with Crippen molar-refractivity contribution in [3.8, 4) is 0 Å². The van der Waals surface area contributed by atoms with Crippen LogP contribution in [-0.2, 0) is 20.7 Å². The first-order valence-corrected chi connectivity index (χ1v) is 12.2. The van der Waals surface area contributed by atoms with Gasteiger partial charge < -0.3 is 10.1 Å². The van der Waals surface area contributed by atoms with Crippen LogP contribution in [-0.4, -0.2) is 23.7 Å². The summed E-state index contributed by atoms with van der Waals surface area (Å²) in [5.41, 5.74) is 0.923. The highest BCUT2D eigenvalue weighted by Crippen LogP contribution is 2.40. The second kappa shape index (κ2) is 11.4. The van der Waals surface area contributed by atoms with Crippen LogP contribution >= 0.6 is 23.2 Å². The van der Waals surface area contributed by atoms with Gasteiger partial charge in [-0.25, -0.2) is 0 Å². The maximum absolute atomic E-state index is 13.7. The second-order valence-corrected chi connectivity index (χ2v) is 10.9. The summed E-state index contributed by atoms with van der Waals surface area (Å²) in [6.45, 7) is 9.79. The number of rotatable bonds is 7. The summed E-state index contributed by atoms with van der Waals surface area (Å²) in [4.78, 5) is 25.7. The zero-order chi connectivity index (χ0) is 26.7. The number of ether oxygens (including phenoxy) is 1.